The predicted molar refractivity (Wildman–Crippen MR) is 111 cm³/mol. The average Bonchev–Trinajstić information content (AvgIpc) is 3.13. The Bertz CT molecular complexity index is 1310. The molecule has 2 aromatic rings. The van der Waals surface area contributed by atoms with Gasteiger partial charge in [0.25, 0.3) is 0 Å². The molecule has 0 unspecified atom stereocenters. The Hall–Kier alpha value is -4.01. The number of fused-ring (bicyclic) bond motifs is 4. The molecule has 11 nitrogen and oxygen atoms in total. The van der Waals surface area contributed by atoms with Crippen molar-refractivity contribution >= 4 is 23.5 Å². The first kappa shape index (κ1) is 23.2. The molecule has 0 aliphatic heterocycles. The van der Waals surface area contributed by atoms with E-state index in [0.29, 0.717) is 4.57 Å². The fourth-order valence-electron chi connectivity index (χ4n) is 4.59. The molecule has 0 saturated carbocycles. The van der Waals surface area contributed by atoms with Crippen LogP contribution in [0.25, 0.3) is 0 Å². The lowest BCUT2D eigenvalue weighted by Crippen LogP contribution is -2.55. The number of aromatic nitrogens is 1. The van der Waals surface area contributed by atoms with Crippen molar-refractivity contribution in [2.45, 2.75) is 51.1 Å². The van der Waals surface area contributed by atoms with E-state index in [1.54, 1.807) is 6.19 Å². The number of ketones is 2. The van der Waals surface area contributed by atoms with Crippen molar-refractivity contribution < 1.29 is 44.0 Å². The molecule has 3 N–H and O–H groups in total. The largest absolute Gasteiger partial charge is 0.507 e. The number of aliphatic hydroxyl groups excluding tert-OH is 1. The number of phenolic OH excluding ortho intramolecular Hbond substituents is 1. The van der Waals surface area contributed by atoms with Crippen LogP contribution in [-0.2, 0) is 19.1 Å². The van der Waals surface area contributed by atoms with E-state index in [4.69, 9.17) is 9.47 Å². The normalized spacial score (nSPS) is 25.0. The van der Waals surface area contributed by atoms with Crippen LogP contribution < -0.4 is 0 Å². The third kappa shape index (κ3) is 3.03. The second-order valence-electron chi connectivity index (χ2n) is 8.24. The van der Waals surface area contributed by atoms with E-state index in [1.165, 1.54) is 25.1 Å². The quantitative estimate of drug-likeness (QED) is 0.470. The molecule has 2 aliphatic rings. The van der Waals surface area contributed by atoms with Gasteiger partial charge in [-0.05, 0) is 13.0 Å². The highest BCUT2D eigenvalue weighted by molar-refractivity contribution is 6.29. The molecule has 1 aromatic heterocycles. The summed E-state index contributed by atoms with van der Waals surface area (Å²) in [6.45, 7) is 3.66. The molecule has 0 radical (unpaired) electrons. The van der Waals surface area contributed by atoms with Gasteiger partial charge in [-0.3, -0.25) is 19.2 Å². The van der Waals surface area contributed by atoms with Crippen molar-refractivity contribution in [1.82, 2.24) is 4.57 Å². The van der Waals surface area contributed by atoms with E-state index in [9.17, 15) is 39.8 Å². The van der Waals surface area contributed by atoms with E-state index >= 15 is 0 Å². The number of hydrogen-bond donors (Lipinski definition) is 3. The molecule has 0 fully saturated rings. The minimum absolute atomic E-state index is 0.118. The fraction of sp³-hybridized carbons (Fsp3) is 0.348. The number of nitriles is 1. The molecule has 11 heteroatoms. The minimum Gasteiger partial charge on any atom is -0.507 e. The summed E-state index contributed by atoms with van der Waals surface area (Å²) in [6.07, 6.45) is -3.63. The zero-order chi connectivity index (χ0) is 25.1. The van der Waals surface area contributed by atoms with Crippen molar-refractivity contribution in [1.29, 1.82) is 5.26 Å². The number of hydrogen-bond acceptors (Lipinski definition) is 10. The Morgan fingerprint density at radius 2 is 1.88 bits per heavy atom. The molecule has 2 aliphatic carbocycles. The van der Waals surface area contributed by atoms with Crippen molar-refractivity contribution in [2.75, 3.05) is 0 Å². The highest BCUT2D eigenvalue weighted by Crippen LogP contribution is 2.51. The summed E-state index contributed by atoms with van der Waals surface area (Å²) in [5.74, 6) is -3.82. The van der Waals surface area contributed by atoms with Gasteiger partial charge < -0.3 is 24.8 Å². The summed E-state index contributed by atoms with van der Waals surface area (Å²) >= 11 is 0. The van der Waals surface area contributed by atoms with Gasteiger partial charge in [0, 0.05) is 24.5 Å². The Morgan fingerprint density at radius 3 is 2.47 bits per heavy atom. The number of aliphatic hydroxyl groups is 2. The van der Waals surface area contributed by atoms with Crippen molar-refractivity contribution in [3.63, 3.8) is 0 Å². The van der Waals surface area contributed by atoms with E-state index < -0.39 is 58.9 Å². The molecule has 0 saturated heterocycles. The van der Waals surface area contributed by atoms with Crippen molar-refractivity contribution in [3.8, 4) is 11.9 Å². The summed E-state index contributed by atoms with van der Waals surface area (Å²) in [7, 11) is 0. The van der Waals surface area contributed by atoms with Crippen molar-refractivity contribution in [2.24, 2.45) is 0 Å². The maximum Gasteiger partial charge on any atom is 0.306 e. The molecule has 0 bridgehead atoms. The molecule has 176 valence electrons. The maximum atomic E-state index is 13.5. The summed E-state index contributed by atoms with van der Waals surface area (Å²) in [4.78, 5) is 50.8. The van der Waals surface area contributed by atoms with Crippen LogP contribution in [0.15, 0.2) is 18.2 Å². The Kier molecular flexibility index (Phi) is 5.31. The Morgan fingerprint density at radius 1 is 1.21 bits per heavy atom. The first-order valence-electron chi connectivity index (χ1n) is 10.3. The van der Waals surface area contributed by atoms with Crippen LogP contribution in [0.4, 0.5) is 0 Å². The number of rotatable bonds is 3. The monoisotopic (exact) mass is 468 g/mol. The molecule has 0 spiro atoms. The van der Waals surface area contributed by atoms with Crippen LogP contribution in [0, 0.1) is 11.5 Å². The van der Waals surface area contributed by atoms with E-state index in [2.05, 4.69) is 0 Å². The Balaban J connectivity index is 2.09. The fourth-order valence-corrected chi connectivity index (χ4v) is 4.59. The van der Waals surface area contributed by atoms with Crippen molar-refractivity contribution in [3.05, 3.63) is 51.8 Å². The zero-order valence-corrected chi connectivity index (χ0v) is 18.4. The van der Waals surface area contributed by atoms with Gasteiger partial charge in [0.15, 0.2) is 24.2 Å². The average molecular weight is 468 g/mol. The first-order chi connectivity index (χ1) is 16.0. The van der Waals surface area contributed by atoms with Gasteiger partial charge in [-0.1, -0.05) is 19.1 Å². The maximum absolute atomic E-state index is 13.5. The van der Waals surface area contributed by atoms with Gasteiger partial charge >= 0.3 is 11.9 Å². The van der Waals surface area contributed by atoms with Gasteiger partial charge in [0.2, 0.25) is 5.78 Å². The van der Waals surface area contributed by atoms with E-state index in [-0.39, 0.29) is 34.4 Å². The van der Waals surface area contributed by atoms with Crippen LogP contribution in [-0.4, -0.2) is 55.1 Å². The molecule has 4 atom stereocenters. The standard InChI is InChI=1S/C23H20N2O9/c1-4-12(28)34-21-17-15(20(31)22(23(21,3)32)33-9(2)26)14-16(25(17)8-24)19(30)13-10(18(14)29)6-5-7-11(13)27/h5-7,20-22,27,31-32H,4H2,1-3H3/t20-,21+,22+,23+/m0/s1. The number of esters is 2. The number of nitrogens with zero attached hydrogens (tertiary/aromatic N) is 2. The van der Waals surface area contributed by atoms with Gasteiger partial charge in [-0.15, -0.1) is 0 Å². The molecule has 1 heterocycles. The Labute approximate surface area is 192 Å². The number of aromatic hydroxyl groups is 1. The lowest BCUT2D eigenvalue weighted by atomic mass is 9.75. The minimum atomic E-state index is -2.25. The number of carbonyl (C=O) groups is 4. The third-order valence-corrected chi connectivity index (χ3v) is 6.07. The van der Waals surface area contributed by atoms with Gasteiger partial charge in [0.1, 0.15) is 23.1 Å². The second-order valence-corrected chi connectivity index (χ2v) is 8.24. The predicted octanol–water partition coefficient (Wildman–Crippen LogP) is 1.02. The molecular weight excluding hydrogens is 448 g/mol. The molecule has 1 aromatic carbocycles. The zero-order valence-electron chi connectivity index (χ0n) is 18.4. The number of carbonyl (C=O) groups excluding carboxylic acids is 4. The number of phenols is 1. The molecule has 34 heavy (non-hydrogen) atoms. The number of ether oxygens (including phenoxy) is 2. The van der Waals surface area contributed by atoms with Gasteiger partial charge in [0.05, 0.1) is 16.8 Å². The smallest absolute Gasteiger partial charge is 0.306 e. The lowest BCUT2D eigenvalue weighted by molar-refractivity contribution is -0.216. The highest BCUT2D eigenvalue weighted by Gasteiger charge is 2.58. The van der Waals surface area contributed by atoms with Crippen LogP contribution in [0.1, 0.15) is 82.6 Å². The summed E-state index contributed by atoms with van der Waals surface area (Å²) in [6, 6.07) is 3.86. The lowest BCUT2D eigenvalue weighted by Gasteiger charge is -2.44. The topological polar surface area (TPSA) is 176 Å². The van der Waals surface area contributed by atoms with Crippen LogP contribution in [0.2, 0.25) is 0 Å². The van der Waals surface area contributed by atoms with Gasteiger partial charge in [-0.25, -0.2) is 4.57 Å². The molecule has 4 rings (SSSR count). The second kappa shape index (κ2) is 7.79. The molecule has 0 amide bonds. The third-order valence-electron chi connectivity index (χ3n) is 6.07. The van der Waals surface area contributed by atoms with Crippen LogP contribution in [0.5, 0.6) is 5.75 Å². The van der Waals surface area contributed by atoms with E-state index in [1.807, 2.05) is 0 Å². The van der Waals surface area contributed by atoms with Crippen LogP contribution in [0.3, 0.4) is 0 Å². The number of benzene rings is 1. The summed E-state index contributed by atoms with van der Waals surface area (Å²) < 4.78 is 11.2. The first-order valence-corrected chi connectivity index (χ1v) is 10.3. The molecular formula is C23H20N2O9. The summed E-state index contributed by atoms with van der Waals surface area (Å²) in [5, 5.41) is 42.6. The highest BCUT2D eigenvalue weighted by atomic mass is 16.6. The summed E-state index contributed by atoms with van der Waals surface area (Å²) in [5.41, 5.74) is -4.16. The van der Waals surface area contributed by atoms with Crippen LogP contribution >= 0.6 is 0 Å². The SMILES string of the molecule is CCC(=O)O[C@@H]1c2c(c3c(n2C#N)C(=O)c2c(O)cccc2C3=O)[C@H](O)[C@@H](OC(C)=O)[C@]1(C)O. The van der Waals surface area contributed by atoms with Gasteiger partial charge in [-0.2, -0.15) is 5.26 Å². The van der Waals surface area contributed by atoms with E-state index in [0.717, 1.165) is 13.8 Å².